The number of hydrogen-bond donors (Lipinski definition) is 1. The fourth-order valence-electron chi connectivity index (χ4n) is 1.05. The van der Waals surface area contributed by atoms with Crippen molar-refractivity contribution in [3.05, 3.63) is 17.7 Å². The molecule has 0 saturated carbocycles. The van der Waals surface area contributed by atoms with Crippen LogP contribution in [0.5, 0.6) is 0 Å². The number of carbonyl (C=O) groups is 1. The first-order chi connectivity index (χ1) is 5.54. The van der Waals surface area contributed by atoms with E-state index in [-0.39, 0.29) is 0 Å². The summed E-state index contributed by atoms with van der Waals surface area (Å²) >= 11 is 0. The molecule has 0 amide bonds. The third-order valence-corrected chi connectivity index (χ3v) is 2.07. The average molecular weight is 168 g/mol. The number of nitrogens with zero attached hydrogens (tertiary/aromatic N) is 2. The second kappa shape index (κ2) is 2.97. The van der Waals surface area contributed by atoms with Crippen molar-refractivity contribution in [2.45, 2.75) is 19.8 Å². The third kappa shape index (κ3) is 1.32. The highest BCUT2D eigenvalue weighted by atomic mass is 16.4. The molecule has 0 spiro atoms. The number of hydrogen-bond acceptors (Lipinski definition) is 2. The van der Waals surface area contributed by atoms with Crippen LogP contribution in [-0.2, 0) is 11.8 Å². The SMILES string of the molecule is Cc1ncc(C(C)C(=O)O)n1C. The van der Waals surface area contributed by atoms with E-state index in [1.54, 1.807) is 17.7 Å². The minimum atomic E-state index is -0.821. The number of aliphatic carboxylic acids is 1. The van der Waals surface area contributed by atoms with Gasteiger partial charge in [-0.15, -0.1) is 0 Å². The second-order valence-electron chi connectivity index (χ2n) is 2.85. The maximum atomic E-state index is 10.6. The van der Waals surface area contributed by atoms with Gasteiger partial charge in [0.05, 0.1) is 11.6 Å². The molecular weight excluding hydrogens is 156 g/mol. The molecular formula is C8H12N2O2. The summed E-state index contributed by atoms with van der Waals surface area (Å²) in [6.45, 7) is 3.50. The van der Waals surface area contributed by atoms with Crippen LogP contribution in [0.15, 0.2) is 6.20 Å². The van der Waals surface area contributed by atoms with Gasteiger partial charge in [0, 0.05) is 13.2 Å². The summed E-state index contributed by atoms with van der Waals surface area (Å²) in [7, 11) is 1.82. The summed E-state index contributed by atoms with van der Waals surface area (Å²) in [4.78, 5) is 14.6. The summed E-state index contributed by atoms with van der Waals surface area (Å²) in [6.07, 6.45) is 1.61. The van der Waals surface area contributed by atoms with Gasteiger partial charge < -0.3 is 9.67 Å². The third-order valence-electron chi connectivity index (χ3n) is 2.07. The van der Waals surface area contributed by atoms with Crippen molar-refractivity contribution in [1.29, 1.82) is 0 Å². The molecule has 0 aliphatic heterocycles. The van der Waals surface area contributed by atoms with Gasteiger partial charge in [-0.25, -0.2) is 4.98 Å². The normalized spacial score (nSPS) is 12.9. The van der Waals surface area contributed by atoms with Crippen molar-refractivity contribution in [2.75, 3.05) is 0 Å². The largest absolute Gasteiger partial charge is 0.481 e. The van der Waals surface area contributed by atoms with E-state index < -0.39 is 11.9 Å². The van der Waals surface area contributed by atoms with Crippen molar-refractivity contribution >= 4 is 5.97 Å². The maximum absolute atomic E-state index is 10.6. The monoisotopic (exact) mass is 168 g/mol. The quantitative estimate of drug-likeness (QED) is 0.714. The number of aryl methyl sites for hydroxylation is 1. The predicted octanol–water partition coefficient (Wildman–Crippen LogP) is 0.917. The lowest BCUT2D eigenvalue weighted by Crippen LogP contribution is -2.11. The Bertz CT molecular complexity index is 304. The Labute approximate surface area is 70.9 Å². The molecule has 0 radical (unpaired) electrons. The van der Waals surface area contributed by atoms with Crippen LogP contribution >= 0.6 is 0 Å². The summed E-state index contributed by atoms with van der Waals surface area (Å²) in [5, 5.41) is 8.73. The first-order valence-electron chi connectivity index (χ1n) is 3.75. The summed E-state index contributed by atoms with van der Waals surface area (Å²) in [6, 6.07) is 0. The Morgan fingerprint density at radius 1 is 1.75 bits per heavy atom. The van der Waals surface area contributed by atoms with Gasteiger partial charge in [-0.1, -0.05) is 0 Å². The van der Waals surface area contributed by atoms with Crippen molar-refractivity contribution < 1.29 is 9.90 Å². The molecule has 0 aromatic carbocycles. The topological polar surface area (TPSA) is 55.1 Å². The highest BCUT2D eigenvalue weighted by Crippen LogP contribution is 2.14. The lowest BCUT2D eigenvalue weighted by atomic mass is 10.1. The van der Waals surface area contributed by atoms with E-state index in [0.717, 1.165) is 11.5 Å². The lowest BCUT2D eigenvalue weighted by Gasteiger charge is -2.06. The number of rotatable bonds is 2. The zero-order valence-electron chi connectivity index (χ0n) is 7.40. The minimum Gasteiger partial charge on any atom is -0.481 e. The van der Waals surface area contributed by atoms with E-state index in [1.807, 2.05) is 14.0 Å². The average Bonchev–Trinajstić information content (AvgIpc) is 2.32. The minimum absolute atomic E-state index is 0.490. The molecule has 1 atom stereocenters. The van der Waals surface area contributed by atoms with Crippen LogP contribution in [0.3, 0.4) is 0 Å². The first-order valence-corrected chi connectivity index (χ1v) is 3.75. The molecule has 1 aromatic heterocycles. The standard InChI is InChI=1S/C8H12N2O2/c1-5(8(11)12)7-4-9-6(2)10(7)3/h4-5H,1-3H3,(H,11,12). The molecule has 1 N–H and O–H groups in total. The lowest BCUT2D eigenvalue weighted by molar-refractivity contribution is -0.138. The van der Waals surface area contributed by atoms with Crippen molar-refractivity contribution in [3.63, 3.8) is 0 Å². The van der Waals surface area contributed by atoms with Crippen molar-refractivity contribution in [2.24, 2.45) is 7.05 Å². The molecule has 1 unspecified atom stereocenters. The van der Waals surface area contributed by atoms with Gasteiger partial charge in [0.25, 0.3) is 0 Å². The Morgan fingerprint density at radius 2 is 2.33 bits per heavy atom. The van der Waals surface area contributed by atoms with Crippen LogP contribution in [-0.4, -0.2) is 20.6 Å². The Hall–Kier alpha value is -1.32. The molecule has 1 heterocycles. The summed E-state index contributed by atoms with van der Waals surface area (Å²) < 4.78 is 1.79. The van der Waals surface area contributed by atoms with Gasteiger partial charge in [-0.3, -0.25) is 4.79 Å². The van der Waals surface area contributed by atoms with Gasteiger partial charge >= 0.3 is 5.97 Å². The molecule has 66 valence electrons. The molecule has 4 nitrogen and oxygen atoms in total. The molecule has 1 aromatic rings. The number of aromatic nitrogens is 2. The van der Waals surface area contributed by atoms with E-state index in [1.165, 1.54) is 0 Å². The number of carboxylic acid groups (broad SMARTS) is 1. The fourth-order valence-corrected chi connectivity index (χ4v) is 1.05. The first kappa shape index (κ1) is 8.77. The fraction of sp³-hybridized carbons (Fsp3) is 0.500. The van der Waals surface area contributed by atoms with Gasteiger partial charge in [0.15, 0.2) is 0 Å². The van der Waals surface area contributed by atoms with Crippen LogP contribution in [0.2, 0.25) is 0 Å². The van der Waals surface area contributed by atoms with E-state index in [9.17, 15) is 4.79 Å². The van der Waals surface area contributed by atoms with Gasteiger partial charge in [0.2, 0.25) is 0 Å². The zero-order valence-corrected chi connectivity index (χ0v) is 7.40. The zero-order chi connectivity index (χ0) is 9.30. The van der Waals surface area contributed by atoms with Crippen molar-refractivity contribution in [1.82, 2.24) is 9.55 Å². The second-order valence-corrected chi connectivity index (χ2v) is 2.85. The maximum Gasteiger partial charge on any atom is 0.312 e. The highest BCUT2D eigenvalue weighted by Gasteiger charge is 2.17. The molecule has 1 rings (SSSR count). The molecule has 0 saturated heterocycles. The van der Waals surface area contributed by atoms with Gasteiger partial charge in [-0.2, -0.15) is 0 Å². The Morgan fingerprint density at radius 3 is 2.67 bits per heavy atom. The molecule has 0 fully saturated rings. The smallest absolute Gasteiger partial charge is 0.312 e. The molecule has 0 aliphatic rings. The van der Waals surface area contributed by atoms with E-state index >= 15 is 0 Å². The summed E-state index contributed by atoms with van der Waals surface area (Å²) in [5.41, 5.74) is 0.736. The van der Waals surface area contributed by atoms with E-state index in [0.29, 0.717) is 0 Å². The van der Waals surface area contributed by atoms with Crippen LogP contribution in [0, 0.1) is 6.92 Å². The van der Waals surface area contributed by atoms with Gasteiger partial charge in [0.1, 0.15) is 5.82 Å². The van der Waals surface area contributed by atoms with Gasteiger partial charge in [-0.05, 0) is 13.8 Å². The van der Waals surface area contributed by atoms with Crippen molar-refractivity contribution in [3.8, 4) is 0 Å². The van der Waals surface area contributed by atoms with Crippen LogP contribution in [0.25, 0.3) is 0 Å². The van der Waals surface area contributed by atoms with Crippen LogP contribution in [0.1, 0.15) is 24.4 Å². The molecule has 12 heavy (non-hydrogen) atoms. The highest BCUT2D eigenvalue weighted by molar-refractivity contribution is 5.74. The van der Waals surface area contributed by atoms with E-state index in [4.69, 9.17) is 5.11 Å². The van der Waals surface area contributed by atoms with Crippen LogP contribution < -0.4 is 0 Å². The van der Waals surface area contributed by atoms with E-state index in [2.05, 4.69) is 4.98 Å². The Balaban J connectivity index is 3.03. The van der Waals surface area contributed by atoms with Crippen LogP contribution in [0.4, 0.5) is 0 Å². The molecule has 4 heteroatoms. The molecule has 0 bridgehead atoms. The summed E-state index contributed by atoms with van der Waals surface area (Å²) in [5.74, 6) is -0.479. The number of carboxylic acids is 1. The Kier molecular flexibility index (Phi) is 2.17. The molecule has 0 aliphatic carbocycles. The predicted molar refractivity (Wildman–Crippen MR) is 44.0 cm³/mol. The number of imidazole rings is 1.